The molecular formula is C15H25N3O. The Hall–Kier alpha value is -1.71. The molecular weight excluding hydrogens is 238 g/mol. The highest BCUT2D eigenvalue weighted by Gasteiger charge is 2.03. The summed E-state index contributed by atoms with van der Waals surface area (Å²) in [6.07, 6.45) is 1.03. The van der Waals surface area contributed by atoms with Crippen molar-refractivity contribution in [2.45, 2.75) is 19.9 Å². The van der Waals surface area contributed by atoms with Crippen molar-refractivity contribution in [1.29, 1.82) is 0 Å². The second-order valence-electron chi connectivity index (χ2n) is 4.90. The molecule has 1 rings (SSSR count). The van der Waals surface area contributed by atoms with Crippen LogP contribution in [0.2, 0.25) is 0 Å². The summed E-state index contributed by atoms with van der Waals surface area (Å²) in [5.41, 5.74) is 1.19. The zero-order valence-corrected chi connectivity index (χ0v) is 12.7. The van der Waals surface area contributed by atoms with Gasteiger partial charge in [-0.1, -0.05) is 19.1 Å². The molecule has 0 aliphatic carbocycles. The predicted molar refractivity (Wildman–Crippen MR) is 80.7 cm³/mol. The molecule has 0 aliphatic rings. The van der Waals surface area contributed by atoms with Crippen LogP contribution in [-0.4, -0.2) is 50.6 Å². The van der Waals surface area contributed by atoms with E-state index in [2.05, 4.69) is 24.0 Å². The molecule has 0 saturated carbocycles. The Bertz CT molecular complexity index is 386. The minimum absolute atomic E-state index is 0.680. The molecule has 1 aromatic carbocycles. The van der Waals surface area contributed by atoms with Crippen LogP contribution in [0.4, 0.5) is 0 Å². The average Bonchev–Trinajstić information content (AvgIpc) is 2.37. The van der Waals surface area contributed by atoms with E-state index >= 15 is 0 Å². The third kappa shape index (κ3) is 5.20. The van der Waals surface area contributed by atoms with Crippen LogP contribution in [0.25, 0.3) is 0 Å². The minimum Gasteiger partial charge on any atom is -0.494 e. The smallest absolute Gasteiger partial charge is 0.195 e. The summed E-state index contributed by atoms with van der Waals surface area (Å²) in [5.74, 6) is 1.89. The highest BCUT2D eigenvalue weighted by atomic mass is 16.5. The molecule has 0 bridgehead atoms. The maximum Gasteiger partial charge on any atom is 0.195 e. The summed E-state index contributed by atoms with van der Waals surface area (Å²) in [7, 11) is 8.00. The van der Waals surface area contributed by atoms with Gasteiger partial charge in [-0.05, 0) is 24.1 Å². The molecule has 0 saturated heterocycles. The molecule has 0 N–H and O–H groups in total. The monoisotopic (exact) mass is 263 g/mol. The molecule has 0 amide bonds. The van der Waals surface area contributed by atoms with Crippen LogP contribution >= 0.6 is 0 Å². The van der Waals surface area contributed by atoms with Crippen molar-refractivity contribution in [3.05, 3.63) is 29.8 Å². The molecule has 0 heterocycles. The zero-order chi connectivity index (χ0) is 14.3. The summed E-state index contributed by atoms with van der Waals surface area (Å²) in [6.45, 7) is 3.55. The maximum absolute atomic E-state index is 5.56. The van der Waals surface area contributed by atoms with Crippen LogP contribution in [0.5, 0.6) is 5.75 Å². The number of benzene rings is 1. The quantitative estimate of drug-likeness (QED) is 0.603. The Balaban J connectivity index is 2.64. The van der Waals surface area contributed by atoms with Crippen LogP contribution in [0.3, 0.4) is 0 Å². The first-order valence-corrected chi connectivity index (χ1v) is 6.65. The lowest BCUT2D eigenvalue weighted by Gasteiger charge is -2.22. The fourth-order valence-electron chi connectivity index (χ4n) is 1.76. The molecule has 0 aliphatic heterocycles. The highest BCUT2D eigenvalue weighted by molar-refractivity contribution is 5.79. The van der Waals surface area contributed by atoms with Gasteiger partial charge in [0.1, 0.15) is 5.75 Å². The van der Waals surface area contributed by atoms with E-state index in [4.69, 9.17) is 4.74 Å². The van der Waals surface area contributed by atoms with Gasteiger partial charge in [0.25, 0.3) is 0 Å². The van der Waals surface area contributed by atoms with Crippen molar-refractivity contribution in [3.63, 3.8) is 0 Å². The van der Waals surface area contributed by atoms with Crippen LogP contribution in [-0.2, 0) is 6.54 Å². The lowest BCUT2D eigenvalue weighted by atomic mass is 10.2. The molecule has 0 unspecified atom stereocenters. The maximum atomic E-state index is 5.56. The Morgan fingerprint density at radius 2 is 1.63 bits per heavy atom. The van der Waals surface area contributed by atoms with Gasteiger partial charge in [0, 0.05) is 28.2 Å². The molecule has 19 heavy (non-hydrogen) atoms. The summed E-state index contributed by atoms with van der Waals surface area (Å²) < 4.78 is 5.56. The van der Waals surface area contributed by atoms with Gasteiger partial charge in [-0.15, -0.1) is 0 Å². The van der Waals surface area contributed by atoms with Gasteiger partial charge in [0.2, 0.25) is 0 Å². The second-order valence-corrected chi connectivity index (χ2v) is 4.90. The van der Waals surface area contributed by atoms with Gasteiger partial charge in [-0.2, -0.15) is 0 Å². The van der Waals surface area contributed by atoms with Gasteiger partial charge in [-0.25, -0.2) is 4.99 Å². The van der Waals surface area contributed by atoms with Crippen molar-refractivity contribution in [3.8, 4) is 5.75 Å². The van der Waals surface area contributed by atoms with E-state index in [-0.39, 0.29) is 0 Å². The Morgan fingerprint density at radius 3 is 2.11 bits per heavy atom. The molecule has 0 aromatic heterocycles. The van der Waals surface area contributed by atoms with E-state index in [1.54, 1.807) is 0 Å². The fourth-order valence-corrected chi connectivity index (χ4v) is 1.76. The van der Waals surface area contributed by atoms with Crippen LogP contribution in [0, 0.1) is 0 Å². The molecule has 0 spiro atoms. The summed E-state index contributed by atoms with van der Waals surface area (Å²) >= 11 is 0. The van der Waals surface area contributed by atoms with Crippen molar-refractivity contribution < 1.29 is 4.74 Å². The Labute approximate surface area is 116 Å². The summed E-state index contributed by atoms with van der Waals surface area (Å²) in [6, 6.07) is 8.14. The molecule has 1 aromatic rings. The lowest BCUT2D eigenvalue weighted by molar-refractivity contribution is 0.317. The van der Waals surface area contributed by atoms with Crippen molar-refractivity contribution >= 4 is 5.96 Å². The van der Waals surface area contributed by atoms with E-state index in [0.29, 0.717) is 6.54 Å². The number of hydrogen-bond acceptors (Lipinski definition) is 2. The number of aliphatic imine (C=N–C) groups is 1. The second kappa shape index (κ2) is 7.67. The van der Waals surface area contributed by atoms with E-state index in [0.717, 1.165) is 24.7 Å². The number of rotatable bonds is 5. The number of hydrogen-bond donors (Lipinski definition) is 0. The van der Waals surface area contributed by atoms with Gasteiger partial charge >= 0.3 is 0 Å². The van der Waals surface area contributed by atoms with Gasteiger partial charge in [-0.3, -0.25) is 0 Å². The first kappa shape index (κ1) is 15.3. The highest BCUT2D eigenvalue weighted by Crippen LogP contribution is 2.13. The van der Waals surface area contributed by atoms with Crippen molar-refractivity contribution in [2.24, 2.45) is 4.99 Å². The predicted octanol–water partition coefficient (Wildman–Crippen LogP) is 2.45. The molecule has 0 radical (unpaired) electrons. The molecule has 4 nitrogen and oxygen atoms in total. The average molecular weight is 263 g/mol. The largest absolute Gasteiger partial charge is 0.494 e. The summed E-state index contributed by atoms with van der Waals surface area (Å²) in [4.78, 5) is 8.64. The normalized spacial score (nSPS) is 9.95. The number of guanidine groups is 1. The molecule has 0 fully saturated rings. The number of nitrogens with zero attached hydrogens (tertiary/aromatic N) is 3. The van der Waals surface area contributed by atoms with Crippen LogP contribution < -0.4 is 4.74 Å². The third-order valence-corrected chi connectivity index (χ3v) is 2.60. The van der Waals surface area contributed by atoms with Gasteiger partial charge < -0.3 is 14.5 Å². The van der Waals surface area contributed by atoms with Crippen LogP contribution in [0.15, 0.2) is 29.3 Å². The van der Waals surface area contributed by atoms with E-state index in [1.807, 2.05) is 50.1 Å². The first-order valence-electron chi connectivity index (χ1n) is 6.65. The number of ether oxygens (including phenoxy) is 1. The zero-order valence-electron chi connectivity index (χ0n) is 12.7. The molecule has 106 valence electrons. The van der Waals surface area contributed by atoms with Crippen molar-refractivity contribution in [1.82, 2.24) is 9.80 Å². The topological polar surface area (TPSA) is 28.1 Å². The molecule has 4 heteroatoms. The van der Waals surface area contributed by atoms with E-state index in [1.165, 1.54) is 5.56 Å². The van der Waals surface area contributed by atoms with E-state index in [9.17, 15) is 0 Å². The minimum atomic E-state index is 0.680. The SMILES string of the molecule is CCCOc1ccc(CN=C(N(C)C)N(C)C)cc1. The Kier molecular flexibility index (Phi) is 6.19. The van der Waals surface area contributed by atoms with Gasteiger partial charge in [0.15, 0.2) is 5.96 Å². The summed E-state index contributed by atoms with van der Waals surface area (Å²) in [5, 5.41) is 0. The Morgan fingerprint density at radius 1 is 1.05 bits per heavy atom. The van der Waals surface area contributed by atoms with Crippen molar-refractivity contribution in [2.75, 3.05) is 34.8 Å². The van der Waals surface area contributed by atoms with E-state index < -0.39 is 0 Å². The molecule has 0 atom stereocenters. The fraction of sp³-hybridized carbons (Fsp3) is 0.533. The standard InChI is InChI=1S/C15H25N3O/c1-6-11-19-14-9-7-13(8-10-14)12-16-15(17(2)3)18(4)5/h7-10H,6,11-12H2,1-5H3. The first-order chi connectivity index (χ1) is 9.04. The third-order valence-electron chi connectivity index (χ3n) is 2.60. The van der Waals surface area contributed by atoms with Gasteiger partial charge in [0.05, 0.1) is 13.2 Å². The lowest BCUT2D eigenvalue weighted by Crippen LogP contribution is -2.35. The van der Waals surface area contributed by atoms with Crippen LogP contribution in [0.1, 0.15) is 18.9 Å².